The van der Waals surface area contributed by atoms with Crippen LogP contribution in [-0.4, -0.2) is 23.4 Å². The molecule has 100 valence electrons. The topological polar surface area (TPSA) is 20.3 Å². The predicted octanol–water partition coefficient (Wildman–Crippen LogP) is 3.72. The van der Waals surface area contributed by atoms with Crippen molar-refractivity contribution in [2.45, 2.75) is 52.0 Å². The molecule has 1 amide bonds. The van der Waals surface area contributed by atoms with Crippen LogP contribution in [-0.2, 0) is 11.2 Å². The third-order valence-electron chi connectivity index (χ3n) is 3.26. The molecule has 18 heavy (non-hydrogen) atoms. The summed E-state index contributed by atoms with van der Waals surface area (Å²) >= 11 is 1.79. The van der Waals surface area contributed by atoms with Crippen molar-refractivity contribution >= 4 is 17.2 Å². The molecule has 0 bridgehead atoms. The molecule has 0 unspecified atom stereocenters. The molecule has 2 nitrogen and oxygen atoms in total. The highest BCUT2D eigenvalue weighted by Gasteiger charge is 2.32. The smallest absolute Gasteiger partial charge is 0.222 e. The number of rotatable bonds is 7. The van der Waals surface area contributed by atoms with Crippen molar-refractivity contribution < 1.29 is 4.79 Å². The van der Waals surface area contributed by atoms with Gasteiger partial charge in [0.15, 0.2) is 0 Å². The number of nitrogens with zero attached hydrogens (tertiary/aromatic N) is 1. The number of carbonyl (C=O) groups excluding carboxylic acids is 1. The minimum Gasteiger partial charge on any atom is -0.339 e. The molecule has 1 aromatic rings. The third-order valence-corrected chi connectivity index (χ3v) is 4.20. The van der Waals surface area contributed by atoms with Gasteiger partial charge < -0.3 is 4.90 Å². The Kier molecular flexibility index (Phi) is 4.81. The summed E-state index contributed by atoms with van der Waals surface area (Å²) in [5.41, 5.74) is 0. The Balaban J connectivity index is 1.74. The molecule has 1 aromatic heterocycles. The lowest BCUT2D eigenvalue weighted by atomic mass is 10.1. The number of thiophene rings is 1. The second-order valence-corrected chi connectivity index (χ2v) is 6.64. The fourth-order valence-corrected chi connectivity index (χ4v) is 3.00. The summed E-state index contributed by atoms with van der Waals surface area (Å²) in [6.45, 7) is 5.31. The van der Waals surface area contributed by atoms with E-state index in [2.05, 4.69) is 36.3 Å². The summed E-state index contributed by atoms with van der Waals surface area (Å²) in [4.78, 5) is 15.7. The summed E-state index contributed by atoms with van der Waals surface area (Å²) in [6, 6.07) is 4.79. The Morgan fingerprint density at radius 3 is 2.83 bits per heavy atom. The van der Waals surface area contributed by atoms with E-state index in [4.69, 9.17) is 0 Å². The first-order valence-corrected chi connectivity index (χ1v) is 7.86. The van der Waals surface area contributed by atoms with Crippen LogP contribution >= 0.6 is 11.3 Å². The maximum Gasteiger partial charge on any atom is 0.222 e. The molecular weight excluding hydrogens is 242 g/mol. The molecule has 0 N–H and O–H groups in total. The first kappa shape index (κ1) is 13.6. The highest BCUT2D eigenvalue weighted by atomic mass is 32.1. The van der Waals surface area contributed by atoms with Gasteiger partial charge >= 0.3 is 0 Å². The standard InChI is InChI=1S/C15H23NOS/c1-12(2)11-16(13-8-9-13)15(17)7-3-5-14-6-4-10-18-14/h4,6,10,12-13H,3,5,7-9,11H2,1-2H3. The number of carbonyl (C=O) groups is 1. The first-order valence-electron chi connectivity index (χ1n) is 6.98. The minimum absolute atomic E-state index is 0.364. The number of hydrogen-bond donors (Lipinski definition) is 0. The summed E-state index contributed by atoms with van der Waals surface area (Å²) in [6.07, 6.45) is 5.16. The molecule has 0 spiro atoms. The lowest BCUT2D eigenvalue weighted by Crippen LogP contribution is -2.35. The van der Waals surface area contributed by atoms with Crippen LogP contribution in [0.5, 0.6) is 0 Å². The van der Waals surface area contributed by atoms with E-state index in [1.807, 2.05) is 0 Å². The highest BCUT2D eigenvalue weighted by Crippen LogP contribution is 2.28. The minimum atomic E-state index is 0.364. The van der Waals surface area contributed by atoms with Gasteiger partial charge in [0, 0.05) is 23.9 Å². The fraction of sp³-hybridized carbons (Fsp3) is 0.667. The maximum absolute atomic E-state index is 12.2. The lowest BCUT2D eigenvalue weighted by molar-refractivity contribution is -0.132. The van der Waals surface area contributed by atoms with Crippen LogP contribution in [0.4, 0.5) is 0 Å². The van der Waals surface area contributed by atoms with Crippen molar-refractivity contribution in [2.24, 2.45) is 5.92 Å². The van der Waals surface area contributed by atoms with E-state index in [9.17, 15) is 4.79 Å². The van der Waals surface area contributed by atoms with E-state index in [0.717, 1.165) is 19.4 Å². The number of amides is 1. The molecule has 0 radical (unpaired) electrons. The summed E-state index contributed by atoms with van der Waals surface area (Å²) < 4.78 is 0. The Bertz CT molecular complexity index is 368. The second kappa shape index (κ2) is 6.37. The van der Waals surface area contributed by atoms with Gasteiger partial charge in [-0.15, -0.1) is 11.3 Å². The largest absolute Gasteiger partial charge is 0.339 e. The molecule has 0 atom stereocenters. The zero-order chi connectivity index (χ0) is 13.0. The third kappa shape index (κ3) is 4.13. The Morgan fingerprint density at radius 2 is 2.28 bits per heavy atom. The van der Waals surface area contributed by atoms with Gasteiger partial charge in [0.05, 0.1) is 0 Å². The summed E-state index contributed by atoms with van der Waals surface area (Å²) in [5.74, 6) is 0.939. The van der Waals surface area contributed by atoms with Crippen molar-refractivity contribution in [3.8, 4) is 0 Å². The van der Waals surface area contributed by atoms with Crippen molar-refractivity contribution in [2.75, 3.05) is 6.54 Å². The number of aryl methyl sites for hydroxylation is 1. The Hall–Kier alpha value is -0.830. The van der Waals surface area contributed by atoms with Crippen molar-refractivity contribution in [1.82, 2.24) is 4.90 Å². The molecule has 3 heteroatoms. The van der Waals surface area contributed by atoms with Gasteiger partial charge in [0.2, 0.25) is 5.91 Å². The Morgan fingerprint density at radius 1 is 1.50 bits per heavy atom. The van der Waals surface area contributed by atoms with Crippen LogP contribution < -0.4 is 0 Å². The highest BCUT2D eigenvalue weighted by molar-refractivity contribution is 7.09. The monoisotopic (exact) mass is 265 g/mol. The SMILES string of the molecule is CC(C)CN(C(=O)CCCc1cccs1)C1CC1. The molecule has 1 fully saturated rings. The fourth-order valence-electron chi connectivity index (χ4n) is 2.25. The van der Waals surface area contributed by atoms with E-state index < -0.39 is 0 Å². The second-order valence-electron chi connectivity index (χ2n) is 5.60. The van der Waals surface area contributed by atoms with Gasteiger partial charge in [-0.3, -0.25) is 4.79 Å². The molecular formula is C15H23NOS. The molecule has 1 aliphatic carbocycles. The van der Waals surface area contributed by atoms with Crippen LogP contribution in [0.1, 0.15) is 44.4 Å². The van der Waals surface area contributed by atoms with Crippen LogP contribution in [0.3, 0.4) is 0 Å². The van der Waals surface area contributed by atoms with Crippen LogP contribution in [0.2, 0.25) is 0 Å². The van der Waals surface area contributed by atoms with Crippen LogP contribution in [0.25, 0.3) is 0 Å². The van der Waals surface area contributed by atoms with Gasteiger partial charge in [-0.1, -0.05) is 19.9 Å². The molecule has 0 aromatic carbocycles. The molecule has 1 heterocycles. The van der Waals surface area contributed by atoms with E-state index in [1.54, 1.807) is 11.3 Å². The van der Waals surface area contributed by atoms with E-state index in [-0.39, 0.29) is 0 Å². The molecule has 1 aliphatic rings. The van der Waals surface area contributed by atoms with E-state index >= 15 is 0 Å². The van der Waals surface area contributed by atoms with Crippen molar-refractivity contribution in [3.05, 3.63) is 22.4 Å². The molecule has 0 saturated heterocycles. The van der Waals surface area contributed by atoms with Crippen molar-refractivity contribution in [1.29, 1.82) is 0 Å². The summed E-state index contributed by atoms with van der Waals surface area (Å²) in [7, 11) is 0. The Labute approximate surface area is 114 Å². The maximum atomic E-state index is 12.2. The quantitative estimate of drug-likeness (QED) is 0.736. The zero-order valence-electron chi connectivity index (χ0n) is 11.4. The van der Waals surface area contributed by atoms with Gasteiger partial charge in [-0.05, 0) is 43.0 Å². The number of hydrogen-bond acceptors (Lipinski definition) is 2. The first-order chi connectivity index (χ1) is 8.66. The van der Waals surface area contributed by atoms with Gasteiger partial charge in [-0.25, -0.2) is 0 Å². The van der Waals surface area contributed by atoms with E-state index in [1.165, 1.54) is 17.7 Å². The van der Waals surface area contributed by atoms with E-state index in [0.29, 0.717) is 24.3 Å². The molecule has 2 rings (SSSR count). The average molecular weight is 265 g/mol. The molecule has 1 saturated carbocycles. The van der Waals surface area contributed by atoms with Gasteiger partial charge in [-0.2, -0.15) is 0 Å². The van der Waals surface area contributed by atoms with Gasteiger partial charge in [0.25, 0.3) is 0 Å². The normalized spacial score (nSPS) is 15.1. The summed E-state index contributed by atoms with van der Waals surface area (Å²) in [5, 5.41) is 2.10. The molecule has 0 aliphatic heterocycles. The van der Waals surface area contributed by atoms with Crippen LogP contribution in [0, 0.1) is 5.92 Å². The zero-order valence-corrected chi connectivity index (χ0v) is 12.2. The van der Waals surface area contributed by atoms with Gasteiger partial charge in [0.1, 0.15) is 0 Å². The van der Waals surface area contributed by atoms with Crippen LogP contribution in [0.15, 0.2) is 17.5 Å². The lowest BCUT2D eigenvalue weighted by Gasteiger charge is -2.24. The van der Waals surface area contributed by atoms with Crippen molar-refractivity contribution in [3.63, 3.8) is 0 Å². The predicted molar refractivity (Wildman–Crippen MR) is 76.8 cm³/mol. The average Bonchev–Trinajstić information content (AvgIpc) is 3.03.